The summed E-state index contributed by atoms with van der Waals surface area (Å²) in [6.45, 7) is 0.451. The SMILES string of the molecule is CN(C)CC(=O)c1ccc2cc[nH]c2c1. The van der Waals surface area contributed by atoms with E-state index >= 15 is 0 Å². The van der Waals surface area contributed by atoms with Gasteiger partial charge >= 0.3 is 0 Å². The number of hydrogen-bond acceptors (Lipinski definition) is 2. The van der Waals surface area contributed by atoms with Crippen molar-refractivity contribution >= 4 is 16.7 Å². The molecule has 1 aromatic carbocycles. The van der Waals surface area contributed by atoms with E-state index in [1.807, 2.05) is 49.5 Å². The predicted octanol–water partition coefficient (Wildman–Crippen LogP) is 1.91. The van der Waals surface area contributed by atoms with Crippen molar-refractivity contribution in [2.24, 2.45) is 0 Å². The highest BCUT2D eigenvalue weighted by Crippen LogP contribution is 2.14. The number of benzene rings is 1. The van der Waals surface area contributed by atoms with Crippen molar-refractivity contribution in [3.63, 3.8) is 0 Å². The number of fused-ring (bicyclic) bond motifs is 1. The van der Waals surface area contributed by atoms with Gasteiger partial charge in [-0.15, -0.1) is 0 Å². The maximum absolute atomic E-state index is 11.8. The molecule has 0 saturated heterocycles. The van der Waals surface area contributed by atoms with Gasteiger partial charge < -0.3 is 9.88 Å². The van der Waals surface area contributed by atoms with Gasteiger partial charge in [0.05, 0.1) is 6.54 Å². The van der Waals surface area contributed by atoms with Crippen LogP contribution < -0.4 is 0 Å². The summed E-state index contributed by atoms with van der Waals surface area (Å²) in [6, 6.07) is 7.74. The van der Waals surface area contributed by atoms with E-state index in [9.17, 15) is 4.79 Å². The number of H-pyrrole nitrogens is 1. The molecule has 0 saturated carbocycles. The zero-order valence-corrected chi connectivity index (χ0v) is 8.95. The number of likely N-dealkylation sites (N-methyl/N-ethyl adjacent to an activating group) is 1. The third-order valence-electron chi connectivity index (χ3n) is 2.34. The van der Waals surface area contributed by atoms with Crippen LogP contribution in [0.5, 0.6) is 0 Å². The summed E-state index contributed by atoms with van der Waals surface area (Å²) in [4.78, 5) is 16.7. The standard InChI is InChI=1S/C12H14N2O/c1-14(2)8-12(15)10-4-3-9-5-6-13-11(9)7-10/h3-7,13H,8H2,1-2H3. The van der Waals surface area contributed by atoms with Crippen molar-refractivity contribution in [2.45, 2.75) is 0 Å². The van der Waals surface area contributed by atoms with Crippen LogP contribution in [0.3, 0.4) is 0 Å². The molecule has 0 radical (unpaired) electrons. The van der Waals surface area contributed by atoms with E-state index in [2.05, 4.69) is 4.98 Å². The Morgan fingerprint density at radius 1 is 1.33 bits per heavy atom. The summed E-state index contributed by atoms with van der Waals surface area (Å²) < 4.78 is 0. The van der Waals surface area contributed by atoms with E-state index in [4.69, 9.17) is 0 Å². The van der Waals surface area contributed by atoms with Crippen LogP contribution in [0.2, 0.25) is 0 Å². The molecular formula is C12H14N2O. The Kier molecular flexibility index (Phi) is 2.56. The van der Waals surface area contributed by atoms with Crippen molar-refractivity contribution in [1.82, 2.24) is 9.88 Å². The lowest BCUT2D eigenvalue weighted by molar-refractivity contribution is 0.0958. The van der Waals surface area contributed by atoms with Gasteiger partial charge in [0.25, 0.3) is 0 Å². The molecule has 0 amide bonds. The van der Waals surface area contributed by atoms with Gasteiger partial charge in [-0.25, -0.2) is 0 Å². The van der Waals surface area contributed by atoms with Crippen LogP contribution in [-0.2, 0) is 0 Å². The Bertz CT molecular complexity index is 485. The van der Waals surface area contributed by atoms with E-state index in [0.29, 0.717) is 6.54 Å². The minimum Gasteiger partial charge on any atom is -0.361 e. The van der Waals surface area contributed by atoms with Crippen molar-refractivity contribution in [1.29, 1.82) is 0 Å². The molecule has 1 aromatic heterocycles. The van der Waals surface area contributed by atoms with Gasteiger partial charge in [0.1, 0.15) is 0 Å². The van der Waals surface area contributed by atoms with Crippen LogP contribution in [0.1, 0.15) is 10.4 Å². The Morgan fingerprint density at radius 2 is 2.13 bits per heavy atom. The van der Waals surface area contributed by atoms with E-state index in [1.54, 1.807) is 0 Å². The number of hydrogen-bond donors (Lipinski definition) is 1. The lowest BCUT2D eigenvalue weighted by atomic mass is 10.1. The van der Waals surface area contributed by atoms with Gasteiger partial charge in [-0.1, -0.05) is 12.1 Å². The van der Waals surface area contributed by atoms with Crippen molar-refractivity contribution < 1.29 is 4.79 Å². The number of nitrogens with zero attached hydrogens (tertiary/aromatic N) is 1. The van der Waals surface area contributed by atoms with E-state index in [0.717, 1.165) is 16.5 Å². The van der Waals surface area contributed by atoms with E-state index in [1.165, 1.54) is 0 Å². The first kappa shape index (κ1) is 9.93. The normalized spacial score (nSPS) is 11.1. The van der Waals surface area contributed by atoms with Crippen LogP contribution in [0.4, 0.5) is 0 Å². The number of carbonyl (C=O) groups is 1. The maximum atomic E-state index is 11.8. The second-order valence-corrected chi connectivity index (χ2v) is 3.94. The fourth-order valence-electron chi connectivity index (χ4n) is 1.60. The first-order valence-corrected chi connectivity index (χ1v) is 4.92. The summed E-state index contributed by atoms with van der Waals surface area (Å²) >= 11 is 0. The largest absolute Gasteiger partial charge is 0.361 e. The van der Waals surface area contributed by atoms with Crippen LogP contribution in [0.15, 0.2) is 30.5 Å². The summed E-state index contributed by atoms with van der Waals surface area (Å²) in [6.07, 6.45) is 1.88. The van der Waals surface area contributed by atoms with Gasteiger partial charge in [-0.05, 0) is 31.6 Å². The average Bonchev–Trinajstić information content (AvgIpc) is 2.62. The number of rotatable bonds is 3. The summed E-state index contributed by atoms with van der Waals surface area (Å²) in [5.74, 6) is 0.150. The fourth-order valence-corrected chi connectivity index (χ4v) is 1.60. The highest BCUT2D eigenvalue weighted by atomic mass is 16.1. The molecule has 78 valence electrons. The van der Waals surface area contributed by atoms with Gasteiger partial charge in [0.2, 0.25) is 0 Å². The fraction of sp³-hybridized carbons (Fsp3) is 0.250. The lowest BCUT2D eigenvalue weighted by Gasteiger charge is -2.08. The summed E-state index contributed by atoms with van der Waals surface area (Å²) in [5, 5.41) is 1.14. The molecular weight excluding hydrogens is 188 g/mol. The second-order valence-electron chi connectivity index (χ2n) is 3.94. The second kappa shape index (κ2) is 3.87. The van der Waals surface area contributed by atoms with Crippen LogP contribution in [-0.4, -0.2) is 36.3 Å². The molecule has 2 rings (SSSR count). The van der Waals surface area contributed by atoms with Crippen molar-refractivity contribution in [3.8, 4) is 0 Å². The Balaban J connectivity index is 2.31. The molecule has 15 heavy (non-hydrogen) atoms. The van der Waals surface area contributed by atoms with Gasteiger partial charge in [0, 0.05) is 17.3 Å². The molecule has 0 spiro atoms. The zero-order valence-electron chi connectivity index (χ0n) is 8.95. The predicted molar refractivity (Wildman–Crippen MR) is 61.2 cm³/mol. The molecule has 0 aliphatic carbocycles. The topological polar surface area (TPSA) is 36.1 Å². The van der Waals surface area contributed by atoms with Gasteiger partial charge in [-0.2, -0.15) is 0 Å². The lowest BCUT2D eigenvalue weighted by Crippen LogP contribution is -2.21. The number of nitrogens with one attached hydrogen (secondary N) is 1. The highest BCUT2D eigenvalue weighted by Gasteiger charge is 2.07. The molecule has 0 aliphatic rings. The molecule has 0 bridgehead atoms. The molecule has 1 heterocycles. The minimum absolute atomic E-state index is 0.150. The maximum Gasteiger partial charge on any atom is 0.176 e. The molecule has 3 nitrogen and oxygen atoms in total. The first-order chi connectivity index (χ1) is 7.16. The number of carbonyl (C=O) groups excluding carboxylic acids is 1. The van der Waals surface area contributed by atoms with Crippen LogP contribution in [0, 0.1) is 0 Å². The van der Waals surface area contributed by atoms with Gasteiger partial charge in [0.15, 0.2) is 5.78 Å². The van der Waals surface area contributed by atoms with Crippen molar-refractivity contribution in [3.05, 3.63) is 36.0 Å². The number of aromatic nitrogens is 1. The molecule has 1 N–H and O–H groups in total. The molecule has 0 unspecified atom stereocenters. The average molecular weight is 202 g/mol. The summed E-state index contributed by atoms with van der Waals surface area (Å²) in [5.41, 5.74) is 1.78. The third kappa shape index (κ3) is 2.07. The highest BCUT2D eigenvalue weighted by molar-refractivity contribution is 6.00. The Labute approximate surface area is 88.7 Å². The van der Waals surface area contributed by atoms with E-state index in [-0.39, 0.29) is 5.78 Å². The quantitative estimate of drug-likeness (QED) is 0.772. The van der Waals surface area contributed by atoms with Crippen molar-refractivity contribution in [2.75, 3.05) is 20.6 Å². The van der Waals surface area contributed by atoms with Crippen LogP contribution in [0.25, 0.3) is 10.9 Å². The number of Topliss-reactive ketones (excluding diaryl/α,β-unsaturated/α-hetero) is 1. The third-order valence-corrected chi connectivity index (χ3v) is 2.34. The first-order valence-electron chi connectivity index (χ1n) is 4.92. The Morgan fingerprint density at radius 3 is 2.87 bits per heavy atom. The van der Waals surface area contributed by atoms with Gasteiger partial charge in [-0.3, -0.25) is 4.79 Å². The minimum atomic E-state index is 0.150. The molecule has 2 aromatic rings. The Hall–Kier alpha value is -1.61. The smallest absolute Gasteiger partial charge is 0.176 e. The molecule has 0 aliphatic heterocycles. The molecule has 0 atom stereocenters. The number of aromatic amines is 1. The van der Waals surface area contributed by atoms with Crippen LogP contribution >= 0.6 is 0 Å². The molecule has 0 fully saturated rings. The zero-order chi connectivity index (χ0) is 10.8. The monoisotopic (exact) mass is 202 g/mol. The molecule has 3 heteroatoms. The van der Waals surface area contributed by atoms with E-state index < -0.39 is 0 Å². The number of ketones is 1. The summed E-state index contributed by atoms with van der Waals surface area (Å²) in [7, 11) is 3.79.